The summed E-state index contributed by atoms with van der Waals surface area (Å²) in [6.45, 7) is 4.34. The summed E-state index contributed by atoms with van der Waals surface area (Å²) in [7, 11) is 0. The summed E-state index contributed by atoms with van der Waals surface area (Å²) >= 11 is 0. The number of aromatic nitrogens is 2. The van der Waals surface area contributed by atoms with Gasteiger partial charge in [-0.25, -0.2) is 0 Å². The molecule has 18 heavy (non-hydrogen) atoms. The lowest BCUT2D eigenvalue weighted by Crippen LogP contribution is -2.31. The fraction of sp³-hybridized carbons (Fsp3) is 0.846. The molecule has 0 aliphatic carbocycles. The second kappa shape index (κ2) is 5.80. The van der Waals surface area contributed by atoms with E-state index in [1.54, 1.807) is 0 Å². The van der Waals surface area contributed by atoms with Gasteiger partial charge >= 0.3 is 0 Å². The van der Waals surface area contributed by atoms with Crippen LogP contribution in [0.1, 0.15) is 43.3 Å². The van der Waals surface area contributed by atoms with E-state index in [-0.39, 0.29) is 0 Å². The summed E-state index contributed by atoms with van der Waals surface area (Å²) in [6.07, 6.45) is 5.87. The van der Waals surface area contributed by atoms with Crippen molar-refractivity contribution >= 4 is 0 Å². The zero-order valence-electron chi connectivity index (χ0n) is 10.8. The monoisotopic (exact) mass is 250 g/mol. The van der Waals surface area contributed by atoms with Crippen LogP contribution in [0.5, 0.6) is 0 Å². The highest BCUT2D eigenvalue weighted by molar-refractivity contribution is 4.97. The van der Waals surface area contributed by atoms with Gasteiger partial charge in [-0.3, -0.25) is 0 Å². The van der Waals surface area contributed by atoms with Crippen molar-refractivity contribution in [3.63, 3.8) is 0 Å². The number of rotatable bonds is 3. The molecule has 1 aromatic rings. The van der Waals surface area contributed by atoms with Gasteiger partial charge in [-0.1, -0.05) is 5.16 Å². The van der Waals surface area contributed by atoms with Crippen LogP contribution in [-0.4, -0.2) is 36.3 Å². The van der Waals surface area contributed by atoms with E-state index in [1.165, 1.54) is 25.7 Å². The molecule has 2 unspecified atom stereocenters. The Balaban J connectivity index is 1.58. The fourth-order valence-corrected chi connectivity index (χ4v) is 2.94. The lowest BCUT2D eigenvalue weighted by atomic mass is 9.96. The molecule has 1 aromatic heterocycles. The topological polar surface area (TPSA) is 63.0 Å². The van der Waals surface area contributed by atoms with E-state index in [9.17, 15) is 0 Å². The molecule has 3 rings (SSSR count). The van der Waals surface area contributed by atoms with Crippen molar-refractivity contribution in [2.75, 3.05) is 26.2 Å². The van der Waals surface area contributed by atoms with E-state index in [0.29, 0.717) is 11.8 Å². The molecule has 0 spiro atoms. The molecule has 2 N–H and O–H groups in total. The second-order valence-corrected chi connectivity index (χ2v) is 5.51. The molecular formula is C13H22N4O. The van der Waals surface area contributed by atoms with Gasteiger partial charge in [-0.05, 0) is 51.2 Å². The largest absolute Gasteiger partial charge is 0.339 e. The van der Waals surface area contributed by atoms with Crippen molar-refractivity contribution in [1.82, 2.24) is 20.8 Å². The van der Waals surface area contributed by atoms with Gasteiger partial charge in [0.05, 0.1) is 5.92 Å². The first kappa shape index (κ1) is 12.1. The second-order valence-electron chi connectivity index (χ2n) is 5.51. The average Bonchev–Trinajstić information content (AvgIpc) is 2.89. The van der Waals surface area contributed by atoms with Crippen molar-refractivity contribution < 1.29 is 4.52 Å². The summed E-state index contributed by atoms with van der Waals surface area (Å²) in [5, 5.41) is 11.0. The Morgan fingerprint density at radius 3 is 2.67 bits per heavy atom. The smallest absolute Gasteiger partial charge is 0.231 e. The van der Waals surface area contributed by atoms with E-state index in [2.05, 4.69) is 20.8 Å². The summed E-state index contributed by atoms with van der Waals surface area (Å²) < 4.78 is 5.42. The Morgan fingerprint density at radius 1 is 1.11 bits per heavy atom. The summed E-state index contributed by atoms with van der Waals surface area (Å²) in [4.78, 5) is 4.58. The first-order chi connectivity index (χ1) is 8.92. The number of hydrogen-bond acceptors (Lipinski definition) is 5. The van der Waals surface area contributed by atoms with E-state index < -0.39 is 0 Å². The Hall–Kier alpha value is -0.940. The van der Waals surface area contributed by atoms with Gasteiger partial charge < -0.3 is 15.2 Å². The molecule has 2 atom stereocenters. The standard InChI is InChI=1S/C13H22N4O/c1-3-10(8-14-5-1)7-12-16-13(18-17-12)11-4-2-6-15-9-11/h10-11,14-15H,1-9H2. The Labute approximate surface area is 108 Å². The zero-order chi connectivity index (χ0) is 12.2. The number of nitrogens with zero attached hydrogens (tertiary/aromatic N) is 2. The Morgan fingerprint density at radius 2 is 1.94 bits per heavy atom. The van der Waals surface area contributed by atoms with Crippen LogP contribution in [0, 0.1) is 5.92 Å². The van der Waals surface area contributed by atoms with Crippen LogP contribution in [0.2, 0.25) is 0 Å². The predicted octanol–water partition coefficient (Wildman–Crippen LogP) is 1.08. The lowest BCUT2D eigenvalue weighted by Gasteiger charge is -2.21. The van der Waals surface area contributed by atoms with Gasteiger partial charge in [-0.2, -0.15) is 4.98 Å². The molecule has 2 aliphatic heterocycles. The molecule has 100 valence electrons. The summed E-state index contributed by atoms with van der Waals surface area (Å²) in [6, 6.07) is 0. The quantitative estimate of drug-likeness (QED) is 0.840. The average molecular weight is 250 g/mol. The van der Waals surface area contributed by atoms with E-state index >= 15 is 0 Å². The Bertz CT molecular complexity index is 367. The minimum Gasteiger partial charge on any atom is -0.339 e. The number of nitrogens with one attached hydrogen (secondary N) is 2. The van der Waals surface area contributed by atoms with E-state index in [0.717, 1.165) is 44.3 Å². The van der Waals surface area contributed by atoms with Gasteiger partial charge in [0.25, 0.3) is 0 Å². The molecule has 2 saturated heterocycles. The maximum absolute atomic E-state index is 5.42. The molecule has 0 radical (unpaired) electrons. The maximum atomic E-state index is 5.42. The van der Waals surface area contributed by atoms with Crippen LogP contribution in [0.15, 0.2) is 4.52 Å². The molecule has 0 amide bonds. The highest BCUT2D eigenvalue weighted by Crippen LogP contribution is 2.22. The van der Waals surface area contributed by atoms with Crippen LogP contribution in [0.3, 0.4) is 0 Å². The maximum Gasteiger partial charge on any atom is 0.231 e. The van der Waals surface area contributed by atoms with Crippen LogP contribution in [0.25, 0.3) is 0 Å². The molecular weight excluding hydrogens is 228 g/mol. The summed E-state index contributed by atoms with van der Waals surface area (Å²) in [5.74, 6) is 2.82. The highest BCUT2D eigenvalue weighted by atomic mass is 16.5. The van der Waals surface area contributed by atoms with Crippen molar-refractivity contribution in [1.29, 1.82) is 0 Å². The minimum atomic E-state index is 0.421. The van der Waals surface area contributed by atoms with Crippen LogP contribution in [0.4, 0.5) is 0 Å². The fourth-order valence-electron chi connectivity index (χ4n) is 2.94. The first-order valence-electron chi connectivity index (χ1n) is 7.16. The minimum absolute atomic E-state index is 0.421. The van der Waals surface area contributed by atoms with Gasteiger partial charge in [0, 0.05) is 13.0 Å². The SMILES string of the molecule is C1CNCC(Cc2noc(C3CCCNC3)n2)C1. The molecule has 0 bridgehead atoms. The molecule has 0 saturated carbocycles. The van der Waals surface area contributed by atoms with Crippen LogP contribution < -0.4 is 10.6 Å². The van der Waals surface area contributed by atoms with E-state index in [4.69, 9.17) is 4.52 Å². The number of piperidine rings is 2. The lowest BCUT2D eigenvalue weighted by molar-refractivity contribution is 0.316. The molecule has 3 heterocycles. The third-order valence-electron chi connectivity index (χ3n) is 4.00. The summed E-state index contributed by atoms with van der Waals surface area (Å²) in [5.41, 5.74) is 0. The highest BCUT2D eigenvalue weighted by Gasteiger charge is 2.22. The van der Waals surface area contributed by atoms with Crippen molar-refractivity contribution in [2.24, 2.45) is 5.92 Å². The van der Waals surface area contributed by atoms with Gasteiger partial charge in [-0.15, -0.1) is 0 Å². The van der Waals surface area contributed by atoms with Crippen molar-refractivity contribution in [3.8, 4) is 0 Å². The van der Waals surface area contributed by atoms with Crippen molar-refractivity contribution in [2.45, 2.75) is 38.0 Å². The molecule has 5 nitrogen and oxygen atoms in total. The zero-order valence-corrected chi connectivity index (χ0v) is 10.8. The molecule has 2 fully saturated rings. The van der Waals surface area contributed by atoms with Gasteiger partial charge in [0.2, 0.25) is 5.89 Å². The predicted molar refractivity (Wildman–Crippen MR) is 68.4 cm³/mol. The third-order valence-corrected chi connectivity index (χ3v) is 4.00. The first-order valence-corrected chi connectivity index (χ1v) is 7.16. The number of hydrogen-bond donors (Lipinski definition) is 2. The molecule has 0 aromatic carbocycles. The third kappa shape index (κ3) is 2.90. The normalized spacial score (nSPS) is 29.3. The van der Waals surface area contributed by atoms with Crippen molar-refractivity contribution in [3.05, 3.63) is 11.7 Å². The molecule has 5 heteroatoms. The molecule has 2 aliphatic rings. The Kier molecular flexibility index (Phi) is 3.90. The van der Waals surface area contributed by atoms with Gasteiger partial charge in [0.1, 0.15) is 0 Å². The van der Waals surface area contributed by atoms with Crippen LogP contribution in [-0.2, 0) is 6.42 Å². The van der Waals surface area contributed by atoms with Crippen LogP contribution >= 0.6 is 0 Å². The van der Waals surface area contributed by atoms with Gasteiger partial charge in [0.15, 0.2) is 5.82 Å². The van der Waals surface area contributed by atoms with E-state index in [1.807, 2.05) is 0 Å².